The van der Waals surface area contributed by atoms with Gasteiger partial charge in [0.25, 0.3) is 5.91 Å². The predicted molar refractivity (Wildman–Crippen MR) is 90.0 cm³/mol. The molecule has 3 N–H and O–H groups in total. The third-order valence-electron chi connectivity index (χ3n) is 3.46. The maximum Gasteiger partial charge on any atom is 0.271 e. The molecule has 2 aromatic rings. The summed E-state index contributed by atoms with van der Waals surface area (Å²) < 4.78 is 22.4. The van der Waals surface area contributed by atoms with Gasteiger partial charge < -0.3 is 5.32 Å². The molecule has 1 aromatic heterocycles. The van der Waals surface area contributed by atoms with Gasteiger partial charge in [0.1, 0.15) is 0 Å². The Kier molecular flexibility index (Phi) is 5.63. The summed E-state index contributed by atoms with van der Waals surface area (Å²) in [5, 5.41) is 15.7. The summed E-state index contributed by atoms with van der Waals surface area (Å²) in [6.45, 7) is 4.41. The van der Waals surface area contributed by atoms with E-state index in [0.717, 1.165) is 11.3 Å². The minimum atomic E-state index is -3.68. The van der Waals surface area contributed by atoms with Crippen molar-refractivity contribution >= 4 is 15.9 Å². The van der Waals surface area contributed by atoms with Crippen LogP contribution in [0, 0.1) is 0 Å². The van der Waals surface area contributed by atoms with Gasteiger partial charge in [0.2, 0.25) is 10.0 Å². The lowest BCUT2D eigenvalue weighted by molar-refractivity contribution is 0.0948. The van der Waals surface area contributed by atoms with E-state index in [1.165, 1.54) is 12.1 Å². The van der Waals surface area contributed by atoms with E-state index in [0.29, 0.717) is 13.0 Å². The van der Waals surface area contributed by atoms with Gasteiger partial charge in [0, 0.05) is 6.54 Å². The third kappa shape index (κ3) is 4.84. The fraction of sp³-hybridized carbons (Fsp3) is 0.312. The summed E-state index contributed by atoms with van der Waals surface area (Å²) in [5.74, 6) is -0.0334. The molecule has 1 amide bonds. The number of carbonyl (C=O) groups is 1. The number of carbonyl (C=O) groups excluding carboxylic acids is 1. The molecule has 0 aliphatic heterocycles. The standard InChI is InChI=1S/C16H20N4O3S/c1-11(2)14-7-8-15(20-19-14)16(21)18-10-9-12-3-5-13(6-4-12)24(17,22)23/h3-8,11H,9-10H2,1-2H3,(H,18,21)(H2,17,22,23). The number of benzene rings is 1. The molecular weight excluding hydrogens is 328 g/mol. The number of primary sulfonamides is 1. The van der Waals surface area contributed by atoms with Crippen LogP contribution >= 0.6 is 0 Å². The third-order valence-corrected chi connectivity index (χ3v) is 4.39. The maximum absolute atomic E-state index is 12.0. The number of sulfonamides is 1. The molecule has 0 aliphatic rings. The van der Waals surface area contributed by atoms with Crippen molar-refractivity contribution in [2.24, 2.45) is 5.14 Å². The molecule has 1 heterocycles. The number of rotatable bonds is 6. The molecular formula is C16H20N4O3S. The molecule has 0 atom stereocenters. The van der Waals surface area contributed by atoms with Crippen molar-refractivity contribution < 1.29 is 13.2 Å². The van der Waals surface area contributed by atoms with Crippen LogP contribution in [0.25, 0.3) is 0 Å². The van der Waals surface area contributed by atoms with Crippen molar-refractivity contribution in [1.29, 1.82) is 0 Å². The molecule has 1 aromatic carbocycles. The minimum absolute atomic E-state index is 0.0656. The Morgan fingerprint density at radius 2 is 1.79 bits per heavy atom. The maximum atomic E-state index is 12.0. The Bertz CT molecular complexity index is 800. The molecule has 0 saturated carbocycles. The molecule has 0 spiro atoms. The molecule has 0 bridgehead atoms. The zero-order valence-corrected chi connectivity index (χ0v) is 14.4. The summed E-state index contributed by atoms with van der Waals surface area (Å²) in [4.78, 5) is 12.1. The number of aromatic nitrogens is 2. The van der Waals surface area contributed by atoms with Crippen molar-refractivity contribution in [1.82, 2.24) is 15.5 Å². The first-order valence-electron chi connectivity index (χ1n) is 7.51. The van der Waals surface area contributed by atoms with Crippen molar-refractivity contribution in [3.8, 4) is 0 Å². The topological polar surface area (TPSA) is 115 Å². The molecule has 0 fully saturated rings. The van der Waals surface area contributed by atoms with Gasteiger partial charge in [-0.05, 0) is 42.2 Å². The lowest BCUT2D eigenvalue weighted by Gasteiger charge is -2.07. The first-order valence-corrected chi connectivity index (χ1v) is 9.05. The lowest BCUT2D eigenvalue weighted by Crippen LogP contribution is -2.27. The van der Waals surface area contributed by atoms with Crippen LogP contribution in [0.15, 0.2) is 41.3 Å². The number of amides is 1. The van der Waals surface area contributed by atoms with Crippen molar-refractivity contribution in [2.75, 3.05) is 6.54 Å². The highest BCUT2D eigenvalue weighted by molar-refractivity contribution is 7.89. The SMILES string of the molecule is CC(C)c1ccc(C(=O)NCCc2ccc(S(N)(=O)=O)cc2)nn1. The summed E-state index contributed by atoms with van der Waals surface area (Å²) in [7, 11) is -3.68. The number of nitrogens with one attached hydrogen (secondary N) is 1. The summed E-state index contributed by atoms with van der Waals surface area (Å²) in [5.41, 5.74) is 1.99. The van der Waals surface area contributed by atoms with Crippen LogP contribution in [-0.4, -0.2) is 31.1 Å². The second-order valence-corrected chi connectivity index (χ2v) is 7.25. The normalized spacial score (nSPS) is 11.5. The van der Waals surface area contributed by atoms with E-state index in [1.807, 2.05) is 13.8 Å². The molecule has 0 aliphatic carbocycles. The quantitative estimate of drug-likeness (QED) is 0.814. The first-order chi connectivity index (χ1) is 11.3. The molecule has 128 valence electrons. The molecule has 0 unspecified atom stereocenters. The largest absolute Gasteiger partial charge is 0.350 e. The summed E-state index contributed by atoms with van der Waals surface area (Å²) >= 11 is 0. The van der Waals surface area contributed by atoms with E-state index in [-0.39, 0.29) is 22.4 Å². The van der Waals surface area contributed by atoms with Crippen molar-refractivity contribution in [3.63, 3.8) is 0 Å². The van der Waals surface area contributed by atoms with Crippen LogP contribution in [0.3, 0.4) is 0 Å². The van der Waals surface area contributed by atoms with Gasteiger partial charge >= 0.3 is 0 Å². The zero-order chi connectivity index (χ0) is 17.7. The van der Waals surface area contributed by atoms with Crippen molar-refractivity contribution in [2.45, 2.75) is 31.1 Å². The second-order valence-electron chi connectivity index (χ2n) is 5.69. The van der Waals surface area contributed by atoms with Crippen LogP contribution in [0.5, 0.6) is 0 Å². The van der Waals surface area contributed by atoms with E-state index in [9.17, 15) is 13.2 Å². The molecule has 2 rings (SSSR count). The Hall–Kier alpha value is -2.32. The van der Waals surface area contributed by atoms with Crippen LogP contribution in [0.4, 0.5) is 0 Å². The Morgan fingerprint density at radius 1 is 1.12 bits per heavy atom. The molecule has 24 heavy (non-hydrogen) atoms. The van der Waals surface area contributed by atoms with Gasteiger partial charge in [-0.2, -0.15) is 5.10 Å². The highest BCUT2D eigenvalue weighted by Gasteiger charge is 2.10. The van der Waals surface area contributed by atoms with Gasteiger partial charge in [-0.1, -0.05) is 26.0 Å². The van der Waals surface area contributed by atoms with E-state index in [1.54, 1.807) is 24.3 Å². The molecule has 0 saturated heterocycles. The zero-order valence-electron chi connectivity index (χ0n) is 13.6. The van der Waals surface area contributed by atoms with Gasteiger partial charge in [-0.3, -0.25) is 4.79 Å². The highest BCUT2D eigenvalue weighted by Crippen LogP contribution is 2.10. The minimum Gasteiger partial charge on any atom is -0.350 e. The van der Waals surface area contributed by atoms with Gasteiger partial charge in [0.05, 0.1) is 10.6 Å². The summed E-state index contributed by atoms with van der Waals surface area (Å²) in [6.07, 6.45) is 0.564. The van der Waals surface area contributed by atoms with Crippen molar-refractivity contribution in [3.05, 3.63) is 53.3 Å². The predicted octanol–water partition coefficient (Wildman–Crippen LogP) is 1.22. The first kappa shape index (κ1) is 18.0. The van der Waals surface area contributed by atoms with Gasteiger partial charge in [-0.25, -0.2) is 13.6 Å². The van der Waals surface area contributed by atoms with E-state index < -0.39 is 10.0 Å². The van der Waals surface area contributed by atoms with E-state index >= 15 is 0 Å². The molecule has 0 radical (unpaired) electrons. The van der Waals surface area contributed by atoms with E-state index in [2.05, 4.69) is 15.5 Å². The fourth-order valence-electron chi connectivity index (χ4n) is 2.03. The average molecular weight is 348 g/mol. The molecule has 8 heteroatoms. The highest BCUT2D eigenvalue weighted by atomic mass is 32.2. The second kappa shape index (κ2) is 7.50. The van der Waals surface area contributed by atoms with E-state index in [4.69, 9.17) is 5.14 Å². The van der Waals surface area contributed by atoms with Crippen LogP contribution < -0.4 is 10.5 Å². The van der Waals surface area contributed by atoms with Crippen LogP contribution in [-0.2, 0) is 16.4 Å². The molecule has 7 nitrogen and oxygen atoms in total. The number of hydrogen-bond donors (Lipinski definition) is 2. The average Bonchev–Trinajstić information content (AvgIpc) is 2.54. The number of nitrogens with zero attached hydrogens (tertiary/aromatic N) is 2. The Labute approximate surface area is 141 Å². The van der Waals surface area contributed by atoms with Gasteiger partial charge in [0.15, 0.2) is 5.69 Å². The van der Waals surface area contributed by atoms with Crippen LogP contribution in [0.2, 0.25) is 0 Å². The summed E-state index contributed by atoms with van der Waals surface area (Å²) in [6, 6.07) is 9.68. The van der Waals surface area contributed by atoms with Gasteiger partial charge in [-0.15, -0.1) is 5.10 Å². The lowest BCUT2D eigenvalue weighted by atomic mass is 10.1. The number of hydrogen-bond acceptors (Lipinski definition) is 5. The fourth-order valence-corrected chi connectivity index (χ4v) is 2.54. The number of nitrogens with two attached hydrogens (primary N) is 1. The Balaban J connectivity index is 1.88. The van der Waals surface area contributed by atoms with Crippen LogP contribution in [0.1, 0.15) is 41.5 Å². The smallest absolute Gasteiger partial charge is 0.271 e. The monoisotopic (exact) mass is 348 g/mol. The Morgan fingerprint density at radius 3 is 2.29 bits per heavy atom.